The topological polar surface area (TPSA) is 53.0 Å². The minimum absolute atomic E-state index is 0.179. The monoisotopic (exact) mass is 328 g/mol. The molecule has 5 heteroatoms. The molecule has 0 aromatic heterocycles. The quantitative estimate of drug-likeness (QED) is 0.908. The van der Waals surface area contributed by atoms with Crippen molar-refractivity contribution in [2.75, 3.05) is 39.3 Å². The highest BCUT2D eigenvalue weighted by Gasteiger charge is 2.23. The van der Waals surface area contributed by atoms with Crippen molar-refractivity contribution in [3.8, 4) is 5.75 Å². The summed E-state index contributed by atoms with van der Waals surface area (Å²) in [6.07, 6.45) is -0.909. The number of benzene rings is 2. The fraction of sp³-hybridized carbons (Fsp3) is 0.421. The summed E-state index contributed by atoms with van der Waals surface area (Å²) >= 11 is 0. The normalized spacial score (nSPS) is 17.0. The van der Waals surface area contributed by atoms with Crippen LogP contribution in [0, 0.1) is 0 Å². The molecule has 1 aliphatic heterocycles. The molecule has 5 nitrogen and oxygen atoms in total. The first-order valence-corrected chi connectivity index (χ1v) is 8.44. The third kappa shape index (κ3) is 4.04. The summed E-state index contributed by atoms with van der Waals surface area (Å²) in [6, 6.07) is 14.4. The second kappa shape index (κ2) is 7.64. The number of carbonyl (C=O) groups excluding carboxylic acids is 1. The zero-order valence-electron chi connectivity index (χ0n) is 14.0. The molecule has 1 fully saturated rings. The van der Waals surface area contributed by atoms with Crippen LogP contribution in [0.4, 0.5) is 0 Å². The Hall–Kier alpha value is -2.11. The second-order valence-corrected chi connectivity index (χ2v) is 6.20. The average Bonchev–Trinajstić information content (AvgIpc) is 2.61. The lowest BCUT2D eigenvalue weighted by Crippen LogP contribution is -2.51. The van der Waals surface area contributed by atoms with E-state index in [1.54, 1.807) is 4.90 Å². The van der Waals surface area contributed by atoms with E-state index in [-0.39, 0.29) is 5.91 Å². The third-order valence-corrected chi connectivity index (χ3v) is 4.44. The summed E-state index contributed by atoms with van der Waals surface area (Å²) in [7, 11) is 0. The maximum atomic E-state index is 11.7. The van der Waals surface area contributed by atoms with Crippen molar-refractivity contribution >= 4 is 16.7 Å². The highest BCUT2D eigenvalue weighted by molar-refractivity contribution is 5.83. The van der Waals surface area contributed by atoms with Crippen molar-refractivity contribution in [1.29, 1.82) is 0 Å². The largest absolute Gasteiger partial charge is 0.492 e. The van der Waals surface area contributed by atoms with E-state index in [9.17, 15) is 9.90 Å². The molecule has 24 heavy (non-hydrogen) atoms. The van der Waals surface area contributed by atoms with Gasteiger partial charge in [0.05, 0.1) is 0 Å². The van der Waals surface area contributed by atoms with E-state index in [1.807, 2.05) is 18.2 Å². The van der Waals surface area contributed by atoms with Gasteiger partial charge in [-0.3, -0.25) is 9.69 Å². The Balaban J connectivity index is 1.44. The van der Waals surface area contributed by atoms with E-state index in [0.717, 1.165) is 25.4 Å². The summed E-state index contributed by atoms with van der Waals surface area (Å²) in [5.74, 6) is 0.707. The number of piperazine rings is 1. The van der Waals surface area contributed by atoms with Crippen molar-refractivity contribution < 1.29 is 14.6 Å². The molecule has 0 aliphatic carbocycles. The van der Waals surface area contributed by atoms with E-state index < -0.39 is 6.10 Å². The Kier molecular flexibility index (Phi) is 5.33. The van der Waals surface area contributed by atoms with Crippen LogP contribution in [0.25, 0.3) is 10.8 Å². The Morgan fingerprint density at radius 1 is 1.12 bits per heavy atom. The average molecular weight is 328 g/mol. The number of fused-ring (bicyclic) bond motifs is 1. The molecule has 1 aliphatic rings. The van der Waals surface area contributed by atoms with Gasteiger partial charge in [0.1, 0.15) is 18.5 Å². The van der Waals surface area contributed by atoms with Crippen LogP contribution in [0.2, 0.25) is 0 Å². The molecule has 128 valence electrons. The summed E-state index contributed by atoms with van der Waals surface area (Å²) in [4.78, 5) is 15.8. The number of hydrogen-bond donors (Lipinski definition) is 1. The van der Waals surface area contributed by atoms with E-state index in [0.29, 0.717) is 19.7 Å². The zero-order chi connectivity index (χ0) is 16.9. The lowest BCUT2D eigenvalue weighted by molar-refractivity contribution is -0.141. The van der Waals surface area contributed by atoms with Gasteiger partial charge < -0.3 is 14.7 Å². The van der Waals surface area contributed by atoms with Gasteiger partial charge >= 0.3 is 0 Å². The molecule has 0 radical (unpaired) electrons. The third-order valence-electron chi connectivity index (χ3n) is 4.44. The van der Waals surface area contributed by atoms with Gasteiger partial charge in [0.2, 0.25) is 0 Å². The van der Waals surface area contributed by atoms with E-state index >= 15 is 0 Å². The summed E-state index contributed by atoms with van der Waals surface area (Å²) in [5.41, 5.74) is 0. The van der Waals surface area contributed by atoms with Crippen LogP contribution in [0.1, 0.15) is 6.92 Å². The smallest absolute Gasteiger partial charge is 0.251 e. The molecule has 0 spiro atoms. The first-order valence-electron chi connectivity index (χ1n) is 8.44. The van der Waals surface area contributed by atoms with Gasteiger partial charge in [-0.2, -0.15) is 0 Å². The van der Waals surface area contributed by atoms with Crippen LogP contribution in [0.15, 0.2) is 42.5 Å². The van der Waals surface area contributed by atoms with Crippen molar-refractivity contribution in [2.45, 2.75) is 13.0 Å². The van der Waals surface area contributed by atoms with E-state index in [2.05, 4.69) is 29.2 Å². The molecule has 1 N–H and O–H groups in total. The number of aliphatic hydroxyl groups excluding tert-OH is 1. The maximum Gasteiger partial charge on any atom is 0.251 e. The standard InChI is InChI=1S/C19H24N2O3/c1-15(22)19(23)21-10-8-20(9-11-21)12-13-24-18-7-6-16-4-2-3-5-17(16)14-18/h2-7,14-15,22H,8-13H2,1H3. The van der Waals surface area contributed by atoms with Gasteiger partial charge in [0, 0.05) is 32.7 Å². The molecule has 1 atom stereocenters. The highest BCUT2D eigenvalue weighted by atomic mass is 16.5. The van der Waals surface area contributed by atoms with Crippen molar-refractivity contribution in [1.82, 2.24) is 9.80 Å². The molecule has 2 aromatic rings. The van der Waals surface area contributed by atoms with Crippen molar-refractivity contribution in [3.63, 3.8) is 0 Å². The number of ether oxygens (including phenoxy) is 1. The molecule has 1 heterocycles. The number of rotatable bonds is 5. The van der Waals surface area contributed by atoms with Crippen LogP contribution in [0.3, 0.4) is 0 Å². The summed E-state index contributed by atoms with van der Waals surface area (Å²) < 4.78 is 5.87. The first kappa shape index (κ1) is 16.7. The van der Waals surface area contributed by atoms with Gasteiger partial charge in [-0.1, -0.05) is 30.3 Å². The SMILES string of the molecule is CC(O)C(=O)N1CCN(CCOc2ccc3ccccc3c2)CC1. The Bertz CT molecular complexity index is 694. The second-order valence-electron chi connectivity index (χ2n) is 6.20. The number of amides is 1. The predicted molar refractivity (Wildman–Crippen MR) is 94.1 cm³/mol. The van der Waals surface area contributed by atoms with Crippen molar-refractivity contribution in [3.05, 3.63) is 42.5 Å². The highest BCUT2D eigenvalue weighted by Crippen LogP contribution is 2.20. The number of aliphatic hydroxyl groups is 1. The van der Waals surface area contributed by atoms with Crippen LogP contribution in [-0.2, 0) is 4.79 Å². The van der Waals surface area contributed by atoms with Gasteiger partial charge in [-0.25, -0.2) is 0 Å². The molecule has 1 saturated heterocycles. The maximum absolute atomic E-state index is 11.7. The summed E-state index contributed by atoms with van der Waals surface area (Å²) in [6.45, 7) is 5.96. The number of nitrogens with zero attached hydrogens (tertiary/aromatic N) is 2. The Labute approximate surface area is 142 Å². The number of hydrogen-bond acceptors (Lipinski definition) is 4. The fourth-order valence-corrected chi connectivity index (χ4v) is 3.01. The van der Waals surface area contributed by atoms with Gasteiger partial charge in [-0.05, 0) is 29.8 Å². The van der Waals surface area contributed by atoms with Gasteiger partial charge in [-0.15, -0.1) is 0 Å². The molecule has 1 unspecified atom stereocenters. The minimum atomic E-state index is -0.909. The molecule has 2 aromatic carbocycles. The van der Waals surface area contributed by atoms with Crippen LogP contribution < -0.4 is 4.74 Å². The van der Waals surface area contributed by atoms with Crippen molar-refractivity contribution in [2.24, 2.45) is 0 Å². The molecule has 0 bridgehead atoms. The lowest BCUT2D eigenvalue weighted by Gasteiger charge is -2.35. The van der Waals surface area contributed by atoms with Crippen LogP contribution >= 0.6 is 0 Å². The fourth-order valence-electron chi connectivity index (χ4n) is 3.01. The molecule has 3 rings (SSSR count). The Morgan fingerprint density at radius 3 is 2.54 bits per heavy atom. The molecular weight excluding hydrogens is 304 g/mol. The molecule has 1 amide bonds. The molecular formula is C19H24N2O3. The predicted octanol–water partition coefficient (Wildman–Crippen LogP) is 1.74. The molecule has 0 saturated carbocycles. The number of carbonyl (C=O) groups is 1. The summed E-state index contributed by atoms with van der Waals surface area (Å²) in [5, 5.41) is 11.7. The Morgan fingerprint density at radius 2 is 1.83 bits per heavy atom. The van der Waals surface area contributed by atoms with Gasteiger partial charge in [0.25, 0.3) is 5.91 Å². The first-order chi connectivity index (χ1) is 11.6. The van der Waals surface area contributed by atoms with Crippen LogP contribution in [-0.4, -0.2) is 66.2 Å². The zero-order valence-corrected chi connectivity index (χ0v) is 14.0. The van der Waals surface area contributed by atoms with Gasteiger partial charge in [0.15, 0.2) is 0 Å². The lowest BCUT2D eigenvalue weighted by atomic mass is 10.1. The van der Waals surface area contributed by atoms with E-state index in [1.165, 1.54) is 17.7 Å². The van der Waals surface area contributed by atoms with E-state index in [4.69, 9.17) is 4.74 Å². The van der Waals surface area contributed by atoms with Crippen LogP contribution in [0.5, 0.6) is 5.75 Å². The minimum Gasteiger partial charge on any atom is -0.492 e.